The SMILES string of the molecule is Cc1ccc(-c2cnc(C(N)CO)[nH]2)o1. The third-order valence-electron chi connectivity index (χ3n) is 2.15. The fourth-order valence-corrected chi connectivity index (χ4v) is 1.32. The van der Waals surface area contributed by atoms with Gasteiger partial charge in [0.15, 0.2) is 5.76 Å². The van der Waals surface area contributed by atoms with Crippen molar-refractivity contribution in [3.8, 4) is 11.5 Å². The Labute approximate surface area is 86.9 Å². The summed E-state index contributed by atoms with van der Waals surface area (Å²) in [5.74, 6) is 2.12. The summed E-state index contributed by atoms with van der Waals surface area (Å²) < 4.78 is 5.42. The van der Waals surface area contributed by atoms with Crippen LogP contribution in [-0.4, -0.2) is 21.7 Å². The lowest BCUT2D eigenvalue weighted by molar-refractivity contribution is 0.264. The summed E-state index contributed by atoms with van der Waals surface area (Å²) in [6.45, 7) is 1.74. The second-order valence-electron chi connectivity index (χ2n) is 3.38. The molecule has 0 aliphatic carbocycles. The van der Waals surface area contributed by atoms with Crippen molar-refractivity contribution >= 4 is 0 Å². The van der Waals surface area contributed by atoms with E-state index >= 15 is 0 Å². The van der Waals surface area contributed by atoms with Crippen LogP contribution in [0.2, 0.25) is 0 Å². The van der Waals surface area contributed by atoms with E-state index in [0.717, 1.165) is 17.2 Å². The average Bonchev–Trinajstić information content (AvgIpc) is 2.84. The maximum absolute atomic E-state index is 8.86. The molecule has 4 N–H and O–H groups in total. The molecule has 2 rings (SSSR count). The number of aliphatic hydroxyl groups is 1. The number of nitrogens with zero attached hydrogens (tertiary/aromatic N) is 1. The number of hydrogen-bond acceptors (Lipinski definition) is 4. The van der Waals surface area contributed by atoms with Crippen LogP contribution in [-0.2, 0) is 0 Å². The number of nitrogens with one attached hydrogen (secondary N) is 1. The molecule has 0 aliphatic rings. The van der Waals surface area contributed by atoms with Crippen LogP contribution in [0.3, 0.4) is 0 Å². The number of rotatable bonds is 3. The minimum absolute atomic E-state index is 0.135. The number of hydrogen-bond donors (Lipinski definition) is 3. The fraction of sp³-hybridized carbons (Fsp3) is 0.300. The highest BCUT2D eigenvalue weighted by atomic mass is 16.3. The predicted octanol–water partition coefficient (Wildman–Crippen LogP) is 0.970. The van der Waals surface area contributed by atoms with Crippen molar-refractivity contribution in [3.05, 3.63) is 29.9 Å². The molecule has 0 spiro atoms. The normalized spacial score (nSPS) is 13.0. The number of furan rings is 1. The van der Waals surface area contributed by atoms with Crippen LogP contribution >= 0.6 is 0 Å². The van der Waals surface area contributed by atoms with Crippen molar-refractivity contribution in [2.75, 3.05) is 6.61 Å². The van der Waals surface area contributed by atoms with E-state index < -0.39 is 6.04 Å². The number of aromatic amines is 1. The molecule has 0 amide bonds. The van der Waals surface area contributed by atoms with Crippen molar-refractivity contribution in [1.82, 2.24) is 9.97 Å². The van der Waals surface area contributed by atoms with Crippen LogP contribution in [0.15, 0.2) is 22.7 Å². The minimum Gasteiger partial charge on any atom is -0.460 e. The fourth-order valence-electron chi connectivity index (χ4n) is 1.32. The van der Waals surface area contributed by atoms with Gasteiger partial charge in [-0.05, 0) is 19.1 Å². The molecule has 0 saturated carbocycles. The lowest BCUT2D eigenvalue weighted by atomic mass is 10.3. The first-order chi connectivity index (χ1) is 7.20. The van der Waals surface area contributed by atoms with Crippen molar-refractivity contribution in [1.29, 1.82) is 0 Å². The Hall–Kier alpha value is -1.59. The molecule has 1 unspecified atom stereocenters. The van der Waals surface area contributed by atoms with Crippen LogP contribution in [0.4, 0.5) is 0 Å². The Morgan fingerprint density at radius 1 is 1.60 bits per heavy atom. The molecular formula is C10H13N3O2. The number of aryl methyl sites for hydroxylation is 1. The molecule has 0 radical (unpaired) electrons. The van der Waals surface area contributed by atoms with E-state index in [2.05, 4.69) is 9.97 Å². The third kappa shape index (κ3) is 1.93. The van der Waals surface area contributed by atoms with E-state index in [4.69, 9.17) is 15.3 Å². The number of imidazole rings is 1. The summed E-state index contributed by atoms with van der Waals surface area (Å²) in [6.07, 6.45) is 1.64. The zero-order chi connectivity index (χ0) is 10.8. The van der Waals surface area contributed by atoms with Gasteiger partial charge in [0.1, 0.15) is 17.3 Å². The van der Waals surface area contributed by atoms with Gasteiger partial charge < -0.3 is 20.2 Å². The van der Waals surface area contributed by atoms with Crippen molar-refractivity contribution in [2.24, 2.45) is 5.73 Å². The number of aliphatic hydroxyl groups excluding tert-OH is 1. The molecule has 0 aliphatic heterocycles. The summed E-state index contributed by atoms with van der Waals surface area (Å²) in [6, 6.07) is 3.26. The highest BCUT2D eigenvalue weighted by molar-refractivity contribution is 5.51. The van der Waals surface area contributed by atoms with Gasteiger partial charge in [-0.1, -0.05) is 0 Å². The topological polar surface area (TPSA) is 88.1 Å². The first kappa shape index (κ1) is 9.95. The molecule has 5 heteroatoms. The molecule has 0 bridgehead atoms. The second-order valence-corrected chi connectivity index (χ2v) is 3.38. The Kier molecular flexibility index (Phi) is 2.57. The monoisotopic (exact) mass is 207 g/mol. The van der Waals surface area contributed by atoms with Crippen LogP contribution in [0, 0.1) is 6.92 Å². The summed E-state index contributed by atoms with van der Waals surface area (Å²) in [5, 5.41) is 8.86. The van der Waals surface area contributed by atoms with Gasteiger partial charge in [-0.2, -0.15) is 0 Å². The van der Waals surface area contributed by atoms with Gasteiger partial charge >= 0.3 is 0 Å². The molecule has 1 atom stereocenters. The largest absolute Gasteiger partial charge is 0.460 e. The first-order valence-electron chi connectivity index (χ1n) is 4.69. The van der Waals surface area contributed by atoms with Crippen LogP contribution in [0.5, 0.6) is 0 Å². The van der Waals surface area contributed by atoms with Gasteiger partial charge in [0.25, 0.3) is 0 Å². The van der Waals surface area contributed by atoms with Gasteiger partial charge in [-0.25, -0.2) is 4.98 Å². The zero-order valence-corrected chi connectivity index (χ0v) is 8.40. The average molecular weight is 207 g/mol. The molecule has 5 nitrogen and oxygen atoms in total. The number of H-pyrrole nitrogens is 1. The summed E-state index contributed by atoms with van der Waals surface area (Å²) in [5.41, 5.74) is 6.38. The van der Waals surface area contributed by atoms with E-state index in [-0.39, 0.29) is 6.61 Å². The summed E-state index contributed by atoms with van der Waals surface area (Å²) >= 11 is 0. The van der Waals surface area contributed by atoms with Crippen molar-refractivity contribution in [3.63, 3.8) is 0 Å². The molecule has 2 aromatic heterocycles. The quantitative estimate of drug-likeness (QED) is 0.699. The van der Waals surface area contributed by atoms with Crippen molar-refractivity contribution < 1.29 is 9.52 Å². The maximum Gasteiger partial charge on any atom is 0.152 e. The third-order valence-corrected chi connectivity index (χ3v) is 2.15. The molecular weight excluding hydrogens is 194 g/mol. The lowest BCUT2D eigenvalue weighted by Crippen LogP contribution is -2.15. The van der Waals surface area contributed by atoms with Crippen molar-refractivity contribution in [2.45, 2.75) is 13.0 Å². The maximum atomic E-state index is 8.86. The molecule has 0 saturated heterocycles. The van der Waals surface area contributed by atoms with Gasteiger partial charge in [-0.15, -0.1) is 0 Å². The Morgan fingerprint density at radius 2 is 2.40 bits per heavy atom. The molecule has 0 aromatic carbocycles. The highest BCUT2D eigenvalue weighted by Crippen LogP contribution is 2.20. The Bertz CT molecular complexity index is 447. The molecule has 0 fully saturated rings. The standard InChI is InChI=1S/C10H13N3O2/c1-6-2-3-9(15-6)8-4-12-10(13-8)7(11)5-14/h2-4,7,14H,5,11H2,1H3,(H,12,13). The van der Waals surface area contributed by atoms with Crippen LogP contribution < -0.4 is 5.73 Å². The van der Waals surface area contributed by atoms with Gasteiger partial charge in [0.2, 0.25) is 0 Å². The summed E-state index contributed by atoms with van der Waals surface area (Å²) in [7, 11) is 0. The molecule has 15 heavy (non-hydrogen) atoms. The smallest absolute Gasteiger partial charge is 0.152 e. The number of nitrogens with two attached hydrogens (primary N) is 1. The lowest BCUT2D eigenvalue weighted by Gasteiger charge is -2.02. The predicted molar refractivity (Wildman–Crippen MR) is 55.0 cm³/mol. The highest BCUT2D eigenvalue weighted by Gasteiger charge is 2.11. The molecule has 2 aromatic rings. The molecule has 80 valence electrons. The summed E-state index contributed by atoms with van der Waals surface area (Å²) in [4.78, 5) is 7.08. The Balaban J connectivity index is 2.27. The van der Waals surface area contributed by atoms with Crippen LogP contribution in [0.1, 0.15) is 17.6 Å². The van der Waals surface area contributed by atoms with E-state index in [1.54, 1.807) is 6.20 Å². The minimum atomic E-state index is -0.477. The van der Waals surface area contributed by atoms with Gasteiger partial charge in [-0.3, -0.25) is 0 Å². The first-order valence-corrected chi connectivity index (χ1v) is 4.69. The Morgan fingerprint density at radius 3 is 3.00 bits per heavy atom. The zero-order valence-electron chi connectivity index (χ0n) is 8.40. The van der Waals surface area contributed by atoms with E-state index in [0.29, 0.717) is 5.82 Å². The van der Waals surface area contributed by atoms with Gasteiger partial charge in [0.05, 0.1) is 18.8 Å². The van der Waals surface area contributed by atoms with E-state index in [9.17, 15) is 0 Å². The second kappa shape index (κ2) is 3.88. The number of aromatic nitrogens is 2. The van der Waals surface area contributed by atoms with E-state index in [1.165, 1.54) is 0 Å². The molecule has 2 heterocycles. The van der Waals surface area contributed by atoms with E-state index in [1.807, 2.05) is 19.1 Å². The van der Waals surface area contributed by atoms with Gasteiger partial charge in [0, 0.05) is 0 Å². The van der Waals surface area contributed by atoms with Crippen LogP contribution in [0.25, 0.3) is 11.5 Å².